The van der Waals surface area contributed by atoms with Gasteiger partial charge in [0.2, 0.25) is 0 Å². The summed E-state index contributed by atoms with van der Waals surface area (Å²) in [7, 11) is -0.0903. The monoisotopic (exact) mass is 256 g/mol. The molecule has 0 fully saturated rings. The summed E-state index contributed by atoms with van der Waals surface area (Å²) >= 11 is 0. The molecule has 88 valence electrons. The van der Waals surface area contributed by atoms with E-state index in [2.05, 4.69) is 17.5 Å². The first-order valence-corrected chi connectivity index (χ1v) is 6.79. The molecule has 1 heterocycles. The van der Waals surface area contributed by atoms with E-state index in [0.29, 0.717) is 0 Å². The van der Waals surface area contributed by atoms with Crippen LogP contribution in [-0.4, -0.2) is 4.92 Å². The van der Waals surface area contributed by atoms with E-state index in [-0.39, 0.29) is 21.1 Å². The standard InChI is InChI=1S/C14H10NO2S/c16-15(17)12-6-7-14-11(10-12)8-9-18(14)13-4-2-1-3-5-13/h1-10H/q+1. The van der Waals surface area contributed by atoms with Crippen molar-refractivity contribution in [1.29, 1.82) is 0 Å². The van der Waals surface area contributed by atoms with Crippen molar-refractivity contribution < 1.29 is 4.92 Å². The smallest absolute Gasteiger partial charge is 0.258 e. The molecule has 1 aromatic heterocycles. The summed E-state index contributed by atoms with van der Waals surface area (Å²) in [5, 5.41) is 13.8. The highest BCUT2D eigenvalue weighted by Gasteiger charge is 2.17. The zero-order valence-electron chi connectivity index (χ0n) is 9.45. The van der Waals surface area contributed by atoms with Crippen LogP contribution in [0.1, 0.15) is 0 Å². The number of thiophene rings is 1. The lowest BCUT2D eigenvalue weighted by Gasteiger charge is -1.92. The van der Waals surface area contributed by atoms with Crippen molar-refractivity contribution in [3.63, 3.8) is 0 Å². The molecular formula is C14H10NO2S+. The van der Waals surface area contributed by atoms with Gasteiger partial charge in [-0.2, -0.15) is 0 Å². The van der Waals surface area contributed by atoms with Gasteiger partial charge in [-0.05, 0) is 12.1 Å². The van der Waals surface area contributed by atoms with Gasteiger partial charge in [-0.3, -0.25) is 10.1 Å². The van der Waals surface area contributed by atoms with E-state index >= 15 is 0 Å². The van der Waals surface area contributed by atoms with Crippen molar-refractivity contribution >= 4 is 26.2 Å². The number of nitrogens with zero attached hydrogens (tertiary/aromatic N) is 1. The van der Waals surface area contributed by atoms with Crippen LogP contribution in [0.15, 0.2) is 60.0 Å². The van der Waals surface area contributed by atoms with Crippen molar-refractivity contribution in [3.05, 3.63) is 70.1 Å². The van der Waals surface area contributed by atoms with Crippen LogP contribution in [0.5, 0.6) is 0 Å². The molecule has 0 bridgehead atoms. The zero-order valence-corrected chi connectivity index (χ0v) is 10.3. The van der Waals surface area contributed by atoms with E-state index in [4.69, 9.17) is 0 Å². The fourth-order valence-electron chi connectivity index (χ4n) is 1.97. The predicted octanol–water partition coefficient (Wildman–Crippen LogP) is 4.49. The fraction of sp³-hybridized carbons (Fsp3) is 0. The lowest BCUT2D eigenvalue weighted by molar-refractivity contribution is -0.384. The highest BCUT2D eigenvalue weighted by Crippen LogP contribution is 2.40. The van der Waals surface area contributed by atoms with E-state index < -0.39 is 0 Å². The molecule has 3 nitrogen and oxygen atoms in total. The summed E-state index contributed by atoms with van der Waals surface area (Å²) in [5.74, 6) is 0. The summed E-state index contributed by atoms with van der Waals surface area (Å²) in [6.45, 7) is 0. The predicted molar refractivity (Wildman–Crippen MR) is 74.4 cm³/mol. The summed E-state index contributed by atoms with van der Waals surface area (Å²) in [4.78, 5) is 11.6. The van der Waals surface area contributed by atoms with Gasteiger partial charge in [-0.15, -0.1) is 0 Å². The molecule has 3 aromatic rings. The Morgan fingerprint density at radius 3 is 2.50 bits per heavy atom. The Morgan fingerprint density at radius 1 is 1.00 bits per heavy atom. The van der Waals surface area contributed by atoms with Crippen LogP contribution >= 0.6 is 10.5 Å². The first-order chi connectivity index (χ1) is 8.75. The highest BCUT2D eigenvalue weighted by molar-refractivity contribution is 7.43. The molecule has 0 amide bonds. The Kier molecular flexibility index (Phi) is 2.57. The second kappa shape index (κ2) is 4.23. The summed E-state index contributed by atoms with van der Waals surface area (Å²) in [6.07, 6.45) is 0. The average molecular weight is 256 g/mol. The summed E-state index contributed by atoms with van der Waals surface area (Å²) < 4.78 is 1.16. The molecule has 0 aliphatic rings. The van der Waals surface area contributed by atoms with Gasteiger partial charge < -0.3 is 0 Å². The van der Waals surface area contributed by atoms with Crippen molar-refractivity contribution in [1.82, 2.24) is 0 Å². The fourth-order valence-corrected chi connectivity index (χ4v) is 3.85. The number of nitro benzene ring substituents is 1. The Hall–Kier alpha value is -2.20. The van der Waals surface area contributed by atoms with Crippen LogP contribution in [0.3, 0.4) is 0 Å². The van der Waals surface area contributed by atoms with E-state index in [1.165, 1.54) is 4.90 Å². The molecule has 4 heteroatoms. The summed E-state index contributed by atoms with van der Waals surface area (Å²) in [5.41, 5.74) is 0.150. The number of hydrogen-bond acceptors (Lipinski definition) is 2. The molecule has 0 saturated heterocycles. The molecule has 1 unspecified atom stereocenters. The second-order valence-electron chi connectivity index (χ2n) is 3.93. The van der Waals surface area contributed by atoms with E-state index in [1.807, 2.05) is 30.3 Å². The second-order valence-corrected chi connectivity index (χ2v) is 5.79. The first kappa shape index (κ1) is 10.9. The Labute approximate surface area is 106 Å². The van der Waals surface area contributed by atoms with Crippen molar-refractivity contribution in [2.45, 2.75) is 0 Å². The van der Waals surface area contributed by atoms with E-state index in [1.54, 1.807) is 12.1 Å². The van der Waals surface area contributed by atoms with E-state index in [0.717, 1.165) is 10.1 Å². The molecular weight excluding hydrogens is 246 g/mol. The van der Waals surface area contributed by atoms with Gasteiger partial charge >= 0.3 is 0 Å². The maximum atomic E-state index is 10.7. The van der Waals surface area contributed by atoms with Gasteiger partial charge in [0.1, 0.15) is 5.38 Å². The van der Waals surface area contributed by atoms with Crippen molar-refractivity contribution in [2.75, 3.05) is 0 Å². The lowest BCUT2D eigenvalue weighted by atomic mass is 10.2. The van der Waals surface area contributed by atoms with Crippen molar-refractivity contribution in [3.8, 4) is 4.90 Å². The Morgan fingerprint density at radius 2 is 1.78 bits per heavy atom. The van der Waals surface area contributed by atoms with Crippen LogP contribution < -0.4 is 0 Å². The topological polar surface area (TPSA) is 43.1 Å². The molecule has 0 aliphatic heterocycles. The molecule has 0 aliphatic carbocycles. The molecule has 0 N–H and O–H groups in total. The van der Waals surface area contributed by atoms with Gasteiger partial charge in [0.25, 0.3) is 5.69 Å². The van der Waals surface area contributed by atoms with Crippen LogP contribution in [-0.2, 0) is 0 Å². The number of benzene rings is 2. The largest absolute Gasteiger partial charge is 0.270 e. The third-order valence-corrected chi connectivity index (χ3v) is 4.86. The van der Waals surface area contributed by atoms with Gasteiger partial charge in [-0.1, -0.05) is 18.2 Å². The maximum Gasteiger partial charge on any atom is 0.270 e. The summed E-state index contributed by atoms with van der Waals surface area (Å²) in [6, 6.07) is 17.2. The van der Waals surface area contributed by atoms with Crippen LogP contribution in [0.2, 0.25) is 0 Å². The molecule has 1 atom stereocenters. The maximum absolute atomic E-state index is 10.7. The van der Waals surface area contributed by atoms with Crippen LogP contribution in [0.4, 0.5) is 5.69 Å². The minimum absolute atomic E-state index is 0.0903. The number of nitro groups is 1. The molecule has 0 saturated carbocycles. The van der Waals surface area contributed by atoms with Gasteiger partial charge in [0.05, 0.1) is 4.92 Å². The van der Waals surface area contributed by atoms with E-state index in [9.17, 15) is 10.1 Å². The SMILES string of the molecule is O=[N+]([O-])c1ccc2c(cc[s+]2-c2ccccc2)c1. The number of fused-ring (bicyclic) bond motifs is 1. The Bertz CT molecular complexity index is 719. The molecule has 18 heavy (non-hydrogen) atoms. The molecule has 0 radical (unpaired) electrons. The number of hydrogen-bond donors (Lipinski definition) is 0. The highest BCUT2D eigenvalue weighted by atomic mass is 32.2. The minimum atomic E-state index is -0.354. The number of non-ortho nitro benzene ring substituents is 1. The third kappa shape index (κ3) is 1.76. The molecule has 3 rings (SSSR count). The minimum Gasteiger partial charge on any atom is -0.258 e. The molecule has 2 aromatic carbocycles. The van der Waals surface area contributed by atoms with Gasteiger partial charge in [-0.25, -0.2) is 0 Å². The van der Waals surface area contributed by atoms with Crippen LogP contribution in [0.25, 0.3) is 15.0 Å². The Balaban J connectivity index is 2.19. The van der Waals surface area contributed by atoms with Gasteiger partial charge in [0.15, 0.2) is 9.60 Å². The average Bonchev–Trinajstić information content (AvgIpc) is 2.82. The zero-order chi connectivity index (χ0) is 12.5. The van der Waals surface area contributed by atoms with Gasteiger partial charge in [0, 0.05) is 40.1 Å². The van der Waals surface area contributed by atoms with Crippen LogP contribution in [0, 0.1) is 10.1 Å². The lowest BCUT2D eigenvalue weighted by Crippen LogP contribution is -1.85. The molecule has 0 spiro atoms. The van der Waals surface area contributed by atoms with Crippen molar-refractivity contribution in [2.24, 2.45) is 0 Å². The quantitative estimate of drug-likeness (QED) is 0.385. The normalized spacial score (nSPS) is 11.7. The third-order valence-electron chi connectivity index (χ3n) is 2.82. The number of rotatable bonds is 2. The first-order valence-electron chi connectivity index (χ1n) is 5.50.